The number of rotatable bonds is 5. The van der Waals surface area contributed by atoms with E-state index in [2.05, 4.69) is 20.2 Å². The van der Waals surface area contributed by atoms with E-state index < -0.39 is 0 Å². The molecule has 0 atom stereocenters. The Bertz CT molecular complexity index is 1090. The van der Waals surface area contributed by atoms with Crippen molar-refractivity contribution >= 4 is 23.0 Å². The van der Waals surface area contributed by atoms with E-state index in [0.29, 0.717) is 55.7 Å². The van der Waals surface area contributed by atoms with Crippen LogP contribution in [0.1, 0.15) is 5.56 Å². The maximum atomic E-state index is 14.1. The van der Waals surface area contributed by atoms with Gasteiger partial charge in [0.2, 0.25) is 6.79 Å². The number of nitrogens with one attached hydrogen (secondary N) is 1. The average Bonchev–Trinajstić information content (AvgIpc) is 3.27. The fraction of sp³-hybridized carbons (Fsp3) is 0.273. The van der Waals surface area contributed by atoms with E-state index in [1.165, 1.54) is 12.4 Å². The van der Waals surface area contributed by atoms with Crippen molar-refractivity contribution in [2.75, 3.05) is 53.8 Å². The summed E-state index contributed by atoms with van der Waals surface area (Å²) < 4.78 is 24.9. The van der Waals surface area contributed by atoms with Crippen LogP contribution >= 0.6 is 0 Å². The number of para-hydroxylation sites is 1. The van der Waals surface area contributed by atoms with Gasteiger partial charge in [0.05, 0.1) is 5.69 Å². The third kappa shape index (κ3) is 3.86. The van der Waals surface area contributed by atoms with E-state index in [9.17, 15) is 4.39 Å². The molecule has 1 aromatic heterocycles. The van der Waals surface area contributed by atoms with Gasteiger partial charge in [-0.25, -0.2) is 14.4 Å². The van der Waals surface area contributed by atoms with E-state index in [4.69, 9.17) is 15.2 Å². The Balaban J connectivity index is 1.25. The first kappa shape index (κ1) is 19.2. The number of fused-ring (bicyclic) bond motifs is 1. The molecule has 3 N–H and O–H groups in total. The molecule has 3 aromatic rings. The first-order valence-corrected chi connectivity index (χ1v) is 10.2. The number of benzene rings is 2. The normalized spacial score (nSPS) is 15.3. The van der Waals surface area contributed by atoms with Crippen molar-refractivity contribution in [2.24, 2.45) is 0 Å². The Morgan fingerprint density at radius 2 is 1.74 bits per heavy atom. The number of piperazine rings is 1. The lowest BCUT2D eigenvalue weighted by Gasteiger charge is -2.37. The number of aromatic nitrogens is 2. The van der Waals surface area contributed by atoms with Gasteiger partial charge in [-0.1, -0.05) is 18.2 Å². The van der Waals surface area contributed by atoms with Crippen molar-refractivity contribution in [3.8, 4) is 11.5 Å². The summed E-state index contributed by atoms with van der Waals surface area (Å²) in [5.41, 5.74) is 8.55. The van der Waals surface area contributed by atoms with Gasteiger partial charge in [0.15, 0.2) is 23.1 Å². The van der Waals surface area contributed by atoms with Crippen molar-refractivity contribution in [3.63, 3.8) is 0 Å². The average molecular weight is 422 g/mol. The van der Waals surface area contributed by atoms with Crippen molar-refractivity contribution in [1.29, 1.82) is 0 Å². The van der Waals surface area contributed by atoms with Crippen LogP contribution in [-0.4, -0.2) is 42.9 Å². The van der Waals surface area contributed by atoms with E-state index >= 15 is 0 Å². The first-order valence-electron chi connectivity index (χ1n) is 10.2. The monoisotopic (exact) mass is 422 g/mol. The lowest BCUT2D eigenvalue weighted by Crippen LogP contribution is -2.47. The molecule has 8 nitrogen and oxygen atoms in total. The third-order valence-electron chi connectivity index (χ3n) is 5.53. The highest BCUT2D eigenvalue weighted by atomic mass is 19.1. The molecule has 0 bridgehead atoms. The minimum absolute atomic E-state index is 0.201. The van der Waals surface area contributed by atoms with Gasteiger partial charge < -0.3 is 30.3 Å². The van der Waals surface area contributed by atoms with Gasteiger partial charge in [0, 0.05) is 32.7 Å². The molecule has 5 rings (SSSR count). The van der Waals surface area contributed by atoms with Crippen LogP contribution in [0, 0.1) is 5.82 Å². The molecule has 0 aliphatic carbocycles. The molecule has 2 aliphatic rings. The molecule has 9 heteroatoms. The molecular formula is C22H23FN6O2. The molecule has 2 aliphatic heterocycles. The summed E-state index contributed by atoms with van der Waals surface area (Å²) in [6.07, 6.45) is 1.51. The fourth-order valence-corrected chi connectivity index (χ4v) is 3.88. The van der Waals surface area contributed by atoms with Crippen molar-refractivity contribution in [3.05, 3.63) is 60.2 Å². The maximum Gasteiger partial charge on any atom is 0.231 e. The topological polar surface area (TPSA) is 88.8 Å². The molecular weight excluding hydrogens is 399 g/mol. The Morgan fingerprint density at radius 1 is 0.968 bits per heavy atom. The maximum absolute atomic E-state index is 14.1. The fourth-order valence-electron chi connectivity index (χ4n) is 3.88. The lowest BCUT2D eigenvalue weighted by molar-refractivity contribution is 0.174. The molecule has 0 radical (unpaired) electrons. The highest BCUT2D eigenvalue weighted by Gasteiger charge is 2.23. The second kappa shape index (κ2) is 8.17. The quantitative estimate of drug-likeness (QED) is 0.649. The molecule has 0 spiro atoms. The number of hydrogen-bond donors (Lipinski definition) is 2. The number of hydrogen-bond acceptors (Lipinski definition) is 8. The standard InChI is InChI=1S/C22H23FN6O2/c23-16-3-1-2-4-17(16)28-7-9-29(10-8-28)22-20(24)21(26-13-27-22)25-12-15-5-6-18-19(11-15)31-14-30-18/h1-6,11,13H,7-10,12,14,24H2,(H,25,26,27). The Hall–Kier alpha value is -3.75. The Labute approximate surface area is 179 Å². The molecule has 1 saturated heterocycles. The zero-order valence-corrected chi connectivity index (χ0v) is 16.9. The summed E-state index contributed by atoms with van der Waals surface area (Å²) in [7, 11) is 0. The minimum atomic E-state index is -0.201. The minimum Gasteiger partial charge on any atom is -0.454 e. The van der Waals surface area contributed by atoms with Crippen LogP contribution in [0.25, 0.3) is 0 Å². The van der Waals surface area contributed by atoms with Crippen LogP contribution in [0.3, 0.4) is 0 Å². The number of anilines is 4. The van der Waals surface area contributed by atoms with Gasteiger partial charge in [-0.15, -0.1) is 0 Å². The van der Waals surface area contributed by atoms with Crippen LogP contribution in [-0.2, 0) is 6.54 Å². The SMILES string of the molecule is Nc1c(NCc2ccc3c(c2)OCO3)ncnc1N1CCN(c2ccccc2F)CC1. The van der Waals surface area contributed by atoms with E-state index in [-0.39, 0.29) is 12.6 Å². The van der Waals surface area contributed by atoms with Crippen molar-refractivity contribution in [1.82, 2.24) is 9.97 Å². The number of nitrogens with two attached hydrogens (primary N) is 1. The Morgan fingerprint density at radius 3 is 2.58 bits per heavy atom. The number of nitrogen functional groups attached to an aromatic ring is 1. The van der Waals surface area contributed by atoms with Crippen molar-refractivity contribution < 1.29 is 13.9 Å². The van der Waals surface area contributed by atoms with Gasteiger partial charge in [0.1, 0.15) is 17.8 Å². The summed E-state index contributed by atoms with van der Waals surface area (Å²) in [5, 5.41) is 3.28. The highest BCUT2D eigenvalue weighted by Crippen LogP contribution is 2.33. The summed E-state index contributed by atoms with van der Waals surface area (Å²) in [6, 6.07) is 12.7. The highest BCUT2D eigenvalue weighted by molar-refractivity contribution is 5.75. The summed E-state index contributed by atoms with van der Waals surface area (Å²) in [4.78, 5) is 12.9. The molecule has 31 heavy (non-hydrogen) atoms. The summed E-state index contributed by atoms with van der Waals surface area (Å²) in [5.74, 6) is 2.56. The molecule has 3 heterocycles. The van der Waals surface area contributed by atoms with Gasteiger partial charge >= 0.3 is 0 Å². The van der Waals surface area contributed by atoms with Crippen LogP contribution in [0.15, 0.2) is 48.8 Å². The van der Waals surface area contributed by atoms with Crippen molar-refractivity contribution in [2.45, 2.75) is 6.54 Å². The number of nitrogens with zero attached hydrogens (tertiary/aromatic N) is 4. The zero-order chi connectivity index (χ0) is 21.2. The second-order valence-corrected chi connectivity index (χ2v) is 7.43. The predicted octanol–water partition coefficient (Wildman–Crippen LogP) is 2.87. The lowest BCUT2D eigenvalue weighted by atomic mass is 10.2. The molecule has 160 valence electrons. The molecule has 0 saturated carbocycles. The molecule has 0 unspecified atom stereocenters. The van der Waals surface area contributed by atoms with E-state index in [1.807, 2.05) is 35.2 Å². The molecule has 1 fully saturated rings. The number of ether oxygens (including phenoxy) is 2. The zero-order valence-electron chi connectivity index (χ0n) is 16.9. The summed E-state index contributed by atoms with van der Waals surface area (Å²) in [6.45, 7) is 3.54. The first-order chi connectivity index (χ1) is 15.2. The van der Waals surface area contributed by atoms with Gasteiger partial charge in [0.25, 0.3) is 0 Å². The van der Waals surface area contributed by atoms with Crippen LogP contribution < -0.4 is 30.3 Å². The van der Waals surface area contributed by atoms with Crippen LogP contribution in [0.5, 0.6) is 11.5 Å². The Kier molecular flexibility index (Phi) is 5.07. The van der Waals surface area contributed by atoms with Gasteiger partial charge in [-0.3, -0.25) is 0 Å². The van der Waals surface area contributed by atoms with Gasteiger partial charge in [-0.2, -0.15) is 0 Å². The number of halogens is 1. The van der Waals surface area contributed by atoms with E-state index in [1.54, 1.807) is 6.07 Å². The largest absolute Gasteiger partial charge is 0.454 e. The smallest absolute Gasteiger partial charge is 0.231 e. The molecule has 0 amide bonds. The van der Waals surface area contributed by atoms with Crippen LogP contribution in [0.2, 0.25) is 0 Å². The summed E-state index contributed by atoms with van der Waals surface area (Å²) >= 11 is 0. The third-order valence-corrected chi connectivity index (χ3v) is 5.53. The van der Waals surface area contributed by atoms with Gasteiger partial charge in [-0.05, 0) is 29.8 Å². The predicted molar refractivity (Wildman–Crippen MR) is 117 cm³/mol. The van der Waals surface area contributed by atoms with Crippen LogP contribution in [0.4, 0.5) is 27.4 Å². The molecule has 2 aromatic carbocycles. The van der Waals surface area contributed by atoms with E-state index in [0.717, 1.165) is 17.1 Å². The second-order valence-electron chi connectivity index (χ2n) is 7.43.